The van der Waals surface area contributed by atoms with Gasteiger partial charge in [-0.15, -0.1) is 0 Å². The Hall–Kier alpha value is -0.153. The molecule has 1 aliphatic rings. The fourth-order valence-corrected chi connectivity index (χ4v) is 8.38. The second kappa shape index (κ2) is 9.09. The third kappa shape index (κ3) is 5.86. The maximum atomic E-state index is 13.9. The molecule has 118 valence electrons. The predicted octanol–water partition coefficient (Wildman–Crippen LogP) is 5.89. The first-order valence-corrected chi connectivity index (χ1v) is 12.0. The molecule has 1 fully saturated rings. The van der Waals surface area contributed by atoms with Crippen molar-refractivity contribution >= 4 is 24.7 Å². The monoisotopic (exact) mass is 370 g/mol. The van der Waals surface area contributed by atoms with E-state index in [1.165, 1.54) is 49.4 Å². The van der Waals surface area contributed by atoms with Gasteiger partial charge in [-0.2, -0.15) is 0 Å². The van der Waals surface area contributed by atoms with Gasteiger partial charge in [0, 0.05) is 13.6 Å². The minimum Gasteiger partial charge on any atom is -0.207 e. The van der Waals surface area contributed by atoms with Crippen molar-refractivity contribution < 1.29 is 4.39 Å². The molecule has 1 aromatic rings. The van der Waals surface area contributed by atoms with E-state index in [0.717, 1.165) is 29.7 Å². The minimum absolute atomic E-state index is 0.000585. The highest BCUT2D eigenvalue weighted by atomic mass is 79.9. The molecule has 0 nitrogen and oxygen atoms in total. The Labute approximate surface area is 139 Å². The molecule has 0 radical (unpaired) electrons. The van der Waals surface area contributed by atoms with Crippen LogP contribution in [0, 0.1) is 5.82 Å². The Bertz CT molecular complexity index is 427. The molecule has 2 rings (SSSR count). The van der Waals surface area contributed by atoms with Gasteiger partial charge < -0.3 is 0 Å². The van der Waals surface area contributed by atoms with Crippen LogP contribution in [0.2, 0.25) is 18.1 Å². The summed E-state index contributed by atoms with van der Waals surface area (Å²) in [6.45, 7) is 2.10. The maximum absolute atomic E-state index is 13.9. The van der Waals surface area contributed by atoms with Crippen LogP contribution in [0.5, 0.6) is 0 Å². The van der Waals surface area contributed by atoms with Gasteiger partial charge in [-0.05, 0) is 49.3 Å². The Morgan fingerprint density at radius 2 is 1.95 bits per heavy atom. The first kappa shape index (κ1) is 17.2. The summed E-state index contributed by atoms with van der Waals surface area (Å²) in [4.78, 5) is 0.797. The quantitative estimate of drug-likeness (QED) is 0.319. The summed E-state index contributed by atoms with van der Waals surface area (Å²) >= 11 is 3.74. The van der Waals surface area contributed by atoms with E-state index in [4.69, 9.17) is 0 Å². The van der Waals surface area contributed by atoms with Crippen LogP contribution in [0.4, 0.5) is 4.39 Å². The summed E-state index contributed by atoms with van der Waals surface area (Å²) in [5, 5.41) is 0. The number of benzene rings is 1. The molecule has 1 saturated heterocycles. The second-order valence-corrected chi connectivity index (χ2v) is 11.3. The number of rotatable bonds is 7. The average Bonchev–Trinajstić information content (AvgIpc) is 2.48. The molecule has 0 saturated carbocycles. The largest absolute Gasteiger partial charge is 0.207 e. The van der Waals surface area contributed by atoms with Gasteiger partial charge in [0.2, 0.25) is 0 Å². The molecule has 21 heavy (non-hydrogen) atoms. The van der Waals surface area contributed by atoms with Crippen molar-refractivity contribution in [2.24, 2.45) is 0 Å². The fourth-order valence-electron chi connectivity index (χ4n) is 3.39. The van der Waals surface area contributed by atoms with Crippen LogP contribution in [-0.4, -0.2) is 13.6 Å². The molecular weight excluding hydrogens is 343 g/mol. The van der Waals surface area contributed by atoms with Crippen molar-refractivity contribution in [3.05, 3.63) is 35.1 Å². The van der Waals surface area contributed by atoms with Crippen LogP contribution in [0.1, 0.15) is 50.2 Å². The molecule has 1 aliphatic heterocycles. The van der Waals surface area contributed by atoms with E-state index < -0.39 is 8.80 Å². The highest BCUT2D eigenvalue weighted by Crippen LogP contribution is 2.28. The van der Waals surface area contributed by atoms with Gasteiger partial charge in [0.15, 0.2) is 0 Å². The highest BCUT2D eigenvalue weighted by Gasteiger charge is 2.19. The van der Waals surface area contributed by atoms with E-state index in [0.29, 0.717) is 0 Å². The van der Waals surface area contributed by atoms with Crippen molar-refractivity contribution in [1.82, 2.24) is 0 Å². The van der Waals surface area contributed by atoms with E-state index in [-0.39, 0.29) is 5.82 Å². The lowest BCUT2D eigenvalue weighted by molar-refractivity contribution is 0.604. The zero-order valence-electron chi connectivity index (χ0n) is 13.2. The number of aryl methyl sites for hydroxylation is 2. The summed E-state index contributed by atoms with van der Waals surface area (Å²) in [5.41, 5.74) is 2.05. The summed E-state index contributed by atoms with van der Waals surface area (Å²) in [6.07, 6.45) is 8.30. The second-order valence-electron chi connectivity index (χ2n) is 6.54. The number of hydrogen-bond donors (Lipinski definition) is 0. The Morgan fingerprint density at radius 1 is 1.19 bits per heavy atom. The lowest BCUT2D eigenvalue weighted by Gasteiger charge is -2.23. The molecule has 1 heterocycles. The summed E-state index contributed by atoms with van der Waals surface area (Å²) in [5.74, 6) is -0.000585. The molecule has 0 bridgehead atoms. The summed E-state index contributed by atoms with van der Waals surface area (Å²) in [6, 6.07) is 10.4. The van der Waals surface area contributed by atoms with E-state index in [1.807, 2.05) is 6.07 Å². The van der Waals surface area contributed by atoms with Gasteiger partial charge in [0.05, 0.1) is 0 Å². The zero-order chi connectivity index (χ0) is 15.1. The lowest BCUT2D eigenvalue weighted by atomic mass is 10.0. The number of hydrogen-bond acceptors (Lipinski definition) is 0. The molecule has 0 atom stereocenters. The third-order valence-corrected chi connectivity index (χ3v) is 9.18. The molecule has 0 unspecified atom stereocenters. The summed E-state index contributed by atoms with van der Waals surface area (Å²) < 4.78 is 13.9. The standard InChI is InChI=1S/C18H28BrFSi/c1-2-5-16-8-7-15(14-18(16)20)6-3-4-11-21-12-9-17(19)10-13-21/h7-8,14,17,21H,2-6,9-13H2,1H3. The number of unbranched alkanes of at least 4 members (excludes halogenated alkanes) is 1. The van der Waals surface area contributed by atoms with Gasteiger partial charge in [-0.3, -0.25) is 0 Å². The average molecular weight is 371 g/mol. The highest BCUT2D eigenvalue weighted by molar-refractivity contribution is 9.09. The Balaban J connectivity index is 1.67. The smallest absolute Gasteiger partial charge is 0.126 e. The van der Waals surface area contributed by atoms with Crippen LogP contribution < -0.4 is 0 Å². The Morgan fingerprint density at radius 3 is 2.62 bits per heavy atom. The Kier molecular flexibility index (Phi) is 7.45. The SMILES string of the molecule is CCCc1ccc(CCCC[SiH]2CCC(Br)CC2)cc1F. The van der Waals surface area contributed by atoms with Crippen LogP contribution >= 0.6 is 15.9 Å². The molecular formula is C18H28BrFSi. The first-order chi connectivity index (χ1) is 10.2. The van der Waals surface area contributed by atoms with Crippen LogP contribution in [0.25, 0.3) is 0 Å². The van der Waals surface area contributed by atoms with Gasteiger partial charge in [0.25, 0.3) is 0 Å². The molecule has 0 aliphatic carbocycles. The maximum Gasteiger partial charge on any atom is 0.126 e. The lowest BCUT2D eigenvalue weighted by Crippen LogP contribution is -2.21. The molecule has 0 aromatic heterocycles. The predicted molar refractivity (Wildman–Crippen MR) is 96.9 cm³/mol. The molecule has 0 N–H and O–H groups in total. The van der Waals surface area contributed by atoms with Gasteiger partial charge in [-0.1, -0.05) is 66.0 Å². The van der Waals surface area contributed by atoms with Crippen molar-refractivity contribution in [1.29, 1.82) is 0 Å². The molecule has 1 aromatic carbocycles. The first-order valence-electron chi connectivity index (χ1n) is 8.60. The van der Waals surface area contributed by atoms with Crippen molar-refractivity contribution in [2.45, 2.75) is 74.8 Å². The van der Waals surface area contributed by atoms with Crippen LogP contribution in [0.3, 0.4) is 0 Å². The van der Waals surface area contributed by atoms with Gasteiger partial charge in [0.1, 0.15) is 5.82 Å². The molecule has 0 spiro atoms. The third-order valence-electron chi connectivity index (χ3n) is 4.74. The molecule has 0 amide bonds. The topological polar surface area (TPSA) is 0 Å². The normalized spacial score (nSPS) is 22.4. The summed E-state index contributed by atoms with van der Waals surface area (Å²) in [7, 11) is -0.422. The van der Waals surface area contributed by atoms with Gasteiger partial charge >= 0.3 is 0 Å². The van der Waals surface area contributed by atoms with Crippen LogP contribution in [-0.2, 0) is 12.8 Å². The molecule has 3 heteroatoms. The van der Waals surface area contributed by atoms with Gasteiger partial charge in [-0.25, -0.2) is 4.39 Å². The van der Waals surface area contributed by atoms with E-state index in [9.17, 15) is 4.39 Å². The van der Waals surface area contributed by atoms with E-state index >= 15 is 0 Å². The zero-order valence-corrected chi connectivity index (χ0v) is 16.0. The van der Waals surface area contributed by atoms with E-state index in [1.54, 1.807) is 6.07 Å². The van der Waals surface area contributed by atoms with E-state index in [2.05, 4.69) is 28.9 Å². The van der Waals surface area contributed by atoms with Crippen molar-refractivity contribution in [3.63, 3.8) is 0 Å². The van der Waals surface area contributed by atoms with Crippen molar-refractivity contribution in [2.75, 3.05) is 0 Å². The minimum atomic E-state index is -0.422. The number of halogens is 2. The number of alkyl halides is 1. The van der Waals surface area contributed by atoms with Crippen molar-refractivity contribution in [3.8, 4) is 0 Å². The van der Waals surface area contributed by atoms with Crippen LogP contribution in [0.15, 0.2) is 18.2 Å². The fraction of sp³-hybridized carbons (Fsp3) is 0.667.